The van der Waals surface area contributed by atoms with Crippen molar-refractivity contribution in [2.75, 3.05) is 5.32 Å². The number of amides is 1. The number of anilines is 1. The van der Waals surface area contributed by atoms with Gasteiger partial charge in [0, 0.05) is 18.7 Å². The lowest BCUT2D eigenvalue weighted by Crippen LogP contribution is -2.23. The quantitative estimate of drug-likeness (QED) is 0.564. The molecule has 0 spiro atoms. The lowest BCUT2D eigenvalue weighted by Gasteiger charge is -2.11. The molecule has 0 fully saturated rings. The summed E-state index contributed by atoms with van der Waals surface area (Å²) in [6.45, 7) is 7.00. The molecule has 29 heavy (non-hydrogen) atoms. The Labute approximate surface area is 168 Å². The third kappa shape index (κ3) is 3.29. The van der Waals surface area contributed by atoms with Crippen LogP contribution < -0.4 is 10.9 Å². The lowest BCUT2D eigenvalue weighted by atomic mass is 10.1. The Balaban J connectivity index is 1.73. The van der Waals surface area contributed by atoms with Crippen LogP contribution in [0.15, 0.2) is 47.3 Å². The molecule has 2 heterocycles. The van der Waals surface area contributed by atoms with Gasteiger partial charge in [0.15, 0.2) is 0 Å². The molecule has 7 nitrogen and oxygen atoms in total. The number of fused-ring (bicyclic) bond motifs is 2. The summed E-state index contributed by atoms with van der Waals surface area (Å²) in [5, 5.41) is 2.94. The molecular formula is C22H23N5O2. The smallest absolute Gasteiger partial charge is 0.272 e. The summed E-state index contributed by atoms with van der Waals surface area (Å²) in [5.41, 5.74) is 3.97. The molecule has 0 radical (unpaired) electrons. The maximum atomic E-state index is 12.9. The number of carbonyl (C=O) groups is 1. The minimum absolute atomic E-state index is 0.106. The summed E-state index contributed by atoms with van der Waals surface area (Å²) in [5.74, 6) is 0.272. The zero-order valence-corrected chi connectivity index (χ0v) is 16.8. The van der Waals surface area contributed by atoms with Crippen molar-refractivity contribution in [3.8, 4) is 0 Å². The van der Waals surface area contributed by atoms with Crippen LogP contribution in [0, 0.1) is 6.92 Å². The van der Waals surface area contributed by atoms with Crippen molar-refractivity contribution in [1.29, 1.82) is 0 Å². The van der Waals surface area contributed by atoms with Gasteiger partial charge in [-0.25, -0.2) is 9.97 Å². The average Bonchev–Trinajstić information content (AvgIpc) is 3.06. The van der Waals surface area contributed by atoms with E-state index in [0.29, 0.717) is 29.3 Å². The van der Waals surface area contributed by atoms with E-state index in [2.05, 4.69) is 22.2 Å². The number of nitrogens with zero attached hydrogens (tertiary/aromatic N) is 4. The molecule has 0 atom stereocenters. The molecule has 7 heteroatoms. The van der Waals surface area contributed by atoms with Crippen molar-refractivity contribution in [1.82, 2.24) is 19.1 Å². The van der Waals surface area contributed by atoms with Crippen LogP contribution in [0.4, 0.5) is 5.95 Å². The summed E-state index contributed by atoms with van der Waals surface area (Å²) in [6, 6.07) is 13.0. The van der Waals surface area contributed by atoms with Crippen molar-refractivity contribution in [3.05, 3.63) is 64.1 Å². The first-order valence-corrected chi connectivity index (χ1v) is 9.81. The molecule has 1 amide bonds. The van der Waals surface area contributed by atoms with Crippen LogP contribution in [0.2, 0.25) is 0 Å². The lowest BCUT2D eigenvalue weighted by molar-refractivity contribution is 0.102. The van der Waals surface area contributed by atoms with Crippen LogP contribution in [-0.2, 0) is 13.1 Å². The van der Waals surface area contributed by atoms with Crippen molar-refractivity contribution in [2.24, 2.45) is 0 Å². The minimum Gasteiger partial charge on any atom is -0.310 e. The van der Waals surface area contributed by atoms with Crippen molar-refractivity contribution in [2.45, 2.75) is 40.3 Å². The SMILES string of the molecule is CCCn1c(NC(=O)c2ccc3c(c2)nc(C)c(=O)n3CC)nc2ccccc21. The Hall–Kier alpha value is -3.48. The van der Waals surface area contributed by atoms with E-state index in [1.54, 1.807) is 29.7 Å². The van der Waals surface area contributed by atoms with Gasteiger partial charge in [-0.15, -0.1) is 0 Å². The van der Waals surface area contributed by atoms with Gasteiger partial charge >= 0.3 is 0 Å². The molecule has 2 aromatic heterocycles. The highest BCUT2D eigenvalue weighted by molar-refractivity contribution is 6.05. The Bertz CT molecular complexity index is 1290. The van der Waals surface area contributed by atoms with E-state index in [0.717, 1.165) is 29.5 Å². The molecule has 0 bridgehead atoms. The predicted molar refractivity (Wildman–Crippen MR) is 114 cm³/mol. The second-order valence-electron chi connectivity index (χ2n) is 6.98. The van der Waals surface area contributed by atoms with Crippen LogP contribution in [0.25, 0.3) is 22.1 Å². The number of imidazole rings is 1. The first-order valence-electron chi connectivity index (χ1n) is 9.81. The van der Waals surface area contributed by atoms with Gasteiger partial charge in [0.2, 0.25) is 5.95 Å². The molecule has 148 valence electrons. The average molecular weight is 389 g/mol. The number of rotatable bonds is 5. The van der Waals surface area contributed by atoms with Gasteiger partial charge in [-0.2, -0.15) is 0 Å². The first kappa shape index (κ1) is 18.9. The van der Waals surface area contributed by atoms with Gasteiger partial charge in [0.25, 0.3) is 11.5 Å². The van der Waals surface area contributed by atoms with Crippen molar-refractivity contribution < 1.29 is 4.79 Å². The van der Waals surface area contributed by atoms with Gasteiger partial charge in [0.1, 0.15) is 5.69 Å². The van der Waals surface area contributed by atoms with Crippen LogP contribution >= 0.6 is 0 Å². The summed E-state index contributed by atoms with van der Waals surface area (Å²) >= 11 is 0. The monoisotopic (exact) mass is 389 g/mol. The largest absolute Gasteiger partial charge is 0.310 e. The number of aromatic nitrogens is 4. The highest BCUT2D eigenvalue weighted by atomic mass is 16.2. The highest BCUT2D eigenvalue weighted by Gasteiger charge is 2.15. The number of hydrogen-bond donors (Lipinski definition) is 1. The van der Waals surface area contributed by atoms with E-state index in [1.807, 2.05) is 35.8 Å². The van der Waals surface area contributed by atoms with E-state index < -0.39 is 0 Å². The summed E-state index contributed by atoms with van der Waals surface area (Å²) in [7, 11) is 0. The Morgan fingerprint density at radius 1 is 1.00 bits per heavy atom. The highest BCUT2D eigenvalue weighted by Crippen LogP contribution is 2.21. The molecule has 0 aliphatic rings. The Morgan fingerprint density at radius 3 is 2.52 bits per heavy atom. The first-order chi connectivity index (χ1) is 14.0. The Kier molecular flexibility index (Phi) is 4.88. The molecule has 0 aliphatic heterocycles. The van der Waals surface area contributed by atoms with Gasteiger partial charge < -0.3 is 9.13 Å². The topological polar surface area (TPSA) is 81.8 Å². The van der Waals surface area contributed by atoms with Gasteiger partial charge in [-0.3, -0.25) is 14.9 Å². The van der Waals surface area contributed by atoms with Gasteiger partial charge in [0.05, 0.1) is 22.1 Å². The van der Waals surface area contributed by atoms with E-state index in [9.17, 15) is 9.59 Å². The normalized spacial score (nSPS) is 11.3. The maximum Gasteiger partial charge on any atom is 0.272 e. The fourth-order valence-corrected chi connectivity index (χ4v) is 3.62. The zero-order chi connectivity index (χ0) is 20.5. The molecule has 4 rings (SSSR count). The van der Waals surface area contributed by atoms with E-state index >= 15 is 0 Å². The van der Waals surface area contributed by atoms with E-state index in [1.165, 1.54) is 0 Å². The second-order valence-corrected chi connectivity index (χ2v) is 6.98. The van der Waals surface area contributed by atoms with Crippen LogP contribution in [0.5, 0.6) is 0 Å². The molecular weight excluding hydrogens is 366 g/mol. The third-order valence-corrected chi connectivity index (χ3v) is 5.01. The number of carbonyl (C=O) groups excluding carboxylic acids is 1. The fraction of sp³-hybridized carbons (Fsp3) is 0.273. The fourth-order valence-electron chi connectivity index (χ4n) is 3.62. The van der Waals surface area contributed by atoms with Gasteiger partial charge in [-0.1, -0.05) is 19.1 Å². The molecule has 0 unspecified atom stereocenters. The van der Waals surface area contributed by atoms with E-state index in [-0.39, 0.29) is 11.5 Å². The van der Waals surface area contributed by atoms with Crippen LogP contribution in [-0.4, -0.2) is 25.0 Å². The number of hydrogen-bond acceptors (Lipinski definition) is 4. The van der Waals surface area contributed by atoms with Crippen LogP contribution in [0.3, 0.4) is 0 Å². The zero-order valence-electron chi connectivity index (χ0n) is 16.8. The third-order valence-electron chi connectivity index (χ3n) is 5.01. The molecule has 0 aliphatic carbocycles. The maximum absolute atomic E-state index is 12.9. The number of nitrogens with one attached hydrogen (secondary N) is 1. The summed E-state index contributed by atoms with van der Waals surface area (Å²) in [6.07, 6.45) is 0.928. The van der Waals surface area contributed by atoms with Crippen molar-refractivity contribution in [3.63, 3.8) is 0 Å². The second kappa shape index (κ2) is 7.50. The standard InChI is InChI=1S/C22H23N5O2/c1-4-12-27-18-9-7-6-8-16(18)24-22(27)25-20(28)15-10-11-19-17(13-15)23-14(3)21(29)26(19)5-2/h6-11,13H,4-5,12H2,1-3H3,(H,24,25,28). The number of para-hydroxylation sites is 2. The molecule has 2 aromatic carbocycles. The predicted octanol–water partition coefficient (Wildman–Crippen LogP) is 3.74. The number of benzene rings is 2. The van der Waals surface area contributed by atoms with E-state index in [4.69, 9.17) is 0 Å². The van der Waals surface area contributed by atoms with Crippen molar-refractivity contribution >= 4 is 33.9 Å². The number of aryl methyl sites for hydroxylation is 3. The molecule has 1 N–H and O–H groups in total. The summed E-state index contributed by atoms with van der Waals surface area (Å²) in [4.78, 5) is 34.2. The molecule has 0 saturated carbocycles. The van der Waals surface area contributed by atoms with Gasteiger partial charge in [-0.05, 0) is 50.6 Å². The molecule has 0 saturated heterocycles. The Morgan fingerprint density at radius 2 is 1.76 bits per heavy atom. The summed E-state index contributed by atoms with van der Waals surface area (Å²) < 4.78 is 3.69. The van der Waals surface area contributed by atoms with Crippen LogP contribution in [0.1, 0.15) is 36.3 Å². The molecule has 4 aromatic rings. The minimum atomic E-state index is -0.256.